The summed E-state index contributed by atoms with van der Waals surface area (Å²) in [4.78, 5) is 5.16. The average Bonchev–Trinajstić information content (AvgIpc) is 3.27. The van der Waals surface area contributed by atoms with Gasteiger partial charge in [-0.2, -0.15) is 0 Å². The molecule has 0 aliphatic carbocycles. The van der Waals surface area contributed by atoms with Crippen LogP contribution < -0.4 is 0 Å². The van der Waals surface area contributed by atoms with Gasteiger partial charge in [-0.25, -0.2) is 9.37 Å². The second kappa shape index (κ2) is 6.88. The molecule has 2 aromatic heterocycles. The molecule has 3 nitrogen and oxygen atoms in total. The lowest BCUT2D eigenvalue weighted by Gasteiger charge is -2.20. The van der Waals surface area contributed by atoms with Crippen molar-refractivity contribution < 1.29 is 9.13 Å². The maximum absolute atomic E-state index is 13.7. The van der Waals surface area contributed by atoms with E-state index in [1.165, 1.54) is 17.4 Å². The summed E-state index contributed by atoms with van der Waals surface area (Å²) in [5, 5.41) is 2.11. The highest BCUT2D eigenvalue weighted by atomic mass is 35.5. The molecule has 2 atom stereocenters. The minimum atomic E-state index is -0.236. The Labute approximate surface area is 152 Å². The van der Waals surface area contributed by atoms with Crippen LogP contribution in [-0.2, 0) is 17.9 Å². The van der Waals surface area contributed by atoms with Gasteiger partial charge in [-0.1, -0.05) is 11.6 Å². The van der Waals surface area contributed by atoms with Crippen LogP contribution in [0.25, 0.3) is 0 Å². The van der Waals surface area contributed by atoms with E-state index in [0.29, 0.717) is 6.61 Å². The molecular formula is C17H14ClFN2OS2. The number of rotatable bonds is 5. The molecule has 0 amide bonds. The molecule has 0 fully saturated rings. The van der Waals surface area contributed by atoms with Crippen LogP contribution in [0.3, 0.4) is 0 Å². The van der Waals surface area contributed by atoms with Crippen molar-refractivity contribution in [2.75, 3.05) is 0 Å². The summed E-state index contributed by atoms with van der Waals surface area (Å²) in [5.74, 6) is -0.236. The van der Waals surface area contributed by atoms with Crippen molar-refractivity contribution in [3.8, 4) is 0 Å². The molecule has 3 aromatic rings. The van der Waals surface area contributed by atoms with Gasteiger partial charge in [-0.05, 0) is 35.2 Å². The van der Waals surface area contributed by atoms with Crippen LogP contribution in [0.4, 0.5) is 4.39 Å². The lowest BCUT2D eigenvalue weighted by atomic mass is 10.1. The zero-order chi connectivity index (χ0) is 16.5. The first-order valence-corrected chi connectivity index (χ1v) is 9.60. The fraction of sp³-hybridized carbons (Fsp3) is 0.235. The number of thioether (sulfide) groups is 1. The number of aromatic nitrogens is 2. The lowest BCUT2D eigenvalue weighted by Crippen LogP contribution is -2.19. The molecule has 1 aliphatic rings. The van der Waals surface area contributed by atoms with Gasteiger partial charge < -0.3 is 9.30 Å². The molecule has 3 heterocycles. The first-order valence-electron chi connectivity index (χ1n) is 7.46. The molecule has 4 rings (SSSR count). The van der Waals surface area contributed by atoms with Gasteiger partial charge in [0, 0.05) is 29.4 Å². The van der Waals surface area contributed by atoms with E-state index in [4.69, 9.17) is 16.3 Å². The summed E-state index contributed by atoms with van der Waals surface area (Å²) in [7, 11) is 0. The predicted molar refractivity (Wildman–Crippen MR) is 95.1 cm³/mol. The van der Waals surface area contributed by atoms with Crippen LogP contribution in [0.2, 0.25) is 4.34 Å². The van der Waals surface area contributed by atoms with Crippen molar-refractivity contribution in [3.63, 3.8) is 0 Å². The molecule has 7 heteroatoms. The Morgan fingerprint density at radius 3 is 3.00 bits per heavy atom. The number of fused-ring (bicyclic) bond motifs is 1. The van der Waals surface area contributed by atoms with Crippen LogP contribution in [0.15, 0.2) is 53.3 Å². The van der Waals surface area contributed by atoms with E-state index in [-0.39, 0.29) is 17.2 Å². The minimum Gasteiger partial charge on any atom is -0.367 e. The first kappa shape index (κ1) is 16.1. The lowest BCUT2D eigenvalue weighted by molar-refractivity contribution is 0.0367. The SMILES string of the molecule is Fc1ccc2c(c1)[C@@H](OCc1ccsc1Cl)[C@@H](Cn1ccnc1)S2. The van der Waals surface area contributed by atoms with Gasteiger partial charge in [-0.3, -0.25) is 0 Å². The zero-order valence-corrected chi connectivity index (χ0v) is 15.0. The molecular weight excluding hydrogens is 367 g/mol. The van der Waals surface area contributed by atoms with Crippen LogP contribution in [0, 0.1) is 5.82 Å². The third-order valence-electron chi connectivity index (χ3n) is 3.96. The highest BCUT2D eigenvalue weighted by Gasteiger charge is 2.35. The van der Waals surface area contributed by atoms with Crippen molar-refractivity contribution in [1.82, 2.24) is 9.55 Å². The van der Waals surface area contributed by atoms with Gasteiger partial charge in [0.05, 0.1) is 28.6 Å². The van der Waals surface area contributed by atoms with Crippen LogP contribution >= 0.6 is 34.7 Å². The van der Waals surface area contributed by atoms with Crippen molar-refractivity contribution >= 4 is 34.7 Å². The molecule has 1 aromatic carbocycles. The first-order chi connectivity index (χ1) is 11.7. The largest absolute Gasteiger partial charge is 0.367 e. The third kappa shape index (κ3) is 3.24. The standard InChI is InChI=1S/C17H14ClFN2OS2/c18-17-11(3-6-23-17)9-22-16-13-7-12(19)1-2-14(13)24-15(16)8-21-5-4-20-10-21/h1-7,10,15-16H,8-9H2/t15-,16-/m1/s1. The van der Waals surface area contributed by atoms with Gasteiger partial charge in [0.15, 0.2) is 0 Å². The normalized spacial score (nSPS) is 19.6. The van der Waals surface area contributed by atoms with E-state index in [1.807, 2.05) is 28.3 Å². The Morgan fingerprint density at radius 1 is 1.33 bits per heavy atom. The van der Waals surface area contributed by atoms with Crippen molar-refractivity contribution in [2.24, 2.45) is 0 Å². The van der Waals surface area contributed by atoms with Gasteiger partial charge in [0.25, 0.3) is 0 Å². The van der Waals surface area contributed by atoms with E-state index in [9.17, 15) is 4.39 Å². The summed E-state index contributed by atoms with van der Waals surface area (Å²) in [6.45, 7) is 1.17. The second-order valence-electron chi connectivity index (χ2n) is 5.55. The summed E-state index contributed by atoms with van der Waals surface area (Å²) in [6.07, 6.45) is 5.29. The predicted octanol–water partition coefficient (Wildman–Crippen LogP) is 5.17. The smallest absolute Gasteiger partial charge is 0.123 e. The quantitative estimate of drug-likeness (QED) is 0.611. The monoisotopic (exact) mass is 380 g/mol. The maximum Gasteiger partial charge on any atom is 0.123 e. The van der Waals surface area contributed by atoms with Gasteiger partial charge >= 0.3 is 0 Å². The van der Waals surface area contributed by atoms with Crippen molar-refractivity contribution in [2.45, 2.75) is 29.4 Å². The van der Waals surface area contributed by atoms with Crippen molar-refractivity contribution in [3.05, 3.63) is 69.6 Å². The summed E-state index contributed by atoms with van der Waals surface area (Å²) < 4.78 is 22.7. The maximum atomic E-state index is 13.7. The van der Waals surface area contributed by atoms with Crippen molar-refractivity contribution in [1.29, 1.82) is 0 Å². The van der Waals surface area contributed by atoms with Crippen LogP contribution in [0.5, 0.6) is 0 Å². The highest BCUT2D eigenvalue weighted by Crippen LogP contribution is 2.47. The molecule has 0 saturated heterocycles. The van der Waals surface area contributed by atoms with Gasteiger partial charge in [0.2, 0.25) is 0 Å². The Bertz CT molecular complexity index is 837. The number of hydrogen-bond donors (Lipinski definition) is 0. The van der Waals surface area contributed by atoms with E-state index in [1.54, 1.807) is 30.4 Å². The van der Waals surface area contributed by atoms with Crippen LogP contribution in [0.1, 0.15) is 17.2 Å². The topological polar surface area (TPSA) is 27.1 Å². The Balaban J connectivity index is 1.58. The summed E-state index contributed by atoms with van der Waals surface area (Å²) in [6, 6.07) is 6.87. The number of imidazole rings is 1. The number of hydrogen-bond acceptors (Lipinski definition) is 4. The van der Waals surface area contributed by atoms with E-state index >= 15 is 0 Å². The zero-order valence-electron chi connectivity index (χ0n) is 12.6. The van der Waals surface area contributed by atoms with E-state index in [2.05, 4.69) is 4.98 Å². The molecule has 0 saturated carbocycles. The van der Waals surface area contributed by atoms with Gasteiger partial charge in [-0.15, -0.1) is 23.1 Å². The third-order valence-corrected chi connectivity index (χ3v) is 6.53. The molecule has 0 N–H and O–H groups in total. The van der Waals surface area contributed by atoms with E-state index in [0.717, 1.165) is 26.9 Å². The fourth-order valence-electron chi connectivity index (χ4n) is 2.81. The number of ether oxygens (including phenoxy) is 1. The molecule has 0 unspecified atom stereocenters. The number of benzene rings is 1. The summed E-state index contributed by atoms with van der Waals surface area (Å²) in [5.41, 5.74) is 1.88. The fourth-order valence-corrected chi connectivity index (χ4v) is 5.09. The molecule has 0 radical (unpaired) electrons. The Hall–Kier alpha value is -1.34. The Kier molecular flexibility index (Phi) is 4.63. The molecule has 24 heavy (non-hydrogen) atoms. The number of nitrogens with zero attached hydrogens (tertiary/aromatic N) is 2. The molecule has 0 bridgehead atoms. The average molecular weight is 381 g/mol. The second-order valence-corrected chi connectivity index (χ2v) is 8.35. The summed E-state index contributed by atoms with van der Waals surface area (Å²) >= 11 is 9.37. The molecule has 124 valence electrons. The number of halogens is 2. The molecule has 1 aliphatic heterocycles. The minimum absolute atomic E-state index is 0.161. The van der Waals surface area contributed by atoms with Crippen LogP contribution in [-0.4, -0.2) is 14.8 Å². The highest BCUT2D eigenvalue weighted by molar-refractivity contribution is 8.00. The van der Waals surface area contributed by atoms with Gasteiger partial charge in [0.1, 0.15) is 5.82 Å². The van der Waals surface area contributed by atoms with E-state index < -0.39 is 0 Å². The Morgan fingerprint density at radius 2 is 2.25 bits per heavy atom. The number of thiophene rings is 1. The molecule has 0 spiro atoms.